The SMILES string of the molecule is O=C(CSc1nncn1-c1cccc(Cl)c1)Nc1ccc(Br)cc1. The van der Waals surface area contributed by atoms with Gasteiger partial charge in [-0.05, 0) is 42.5 Å². The molecule has 0 saturated heterocycles. The Morgan fingerprint density at radius 3 is 2.79 bits per heavy atom. The smallest absolute Gasteiger partial charge is 0.234 e. The molecule has 1 N–H and O–H groups in total. The zero-order valence-corrected chi connectivity index (χ0v) is 15.5. The van der Waals surface area contributed by atoms with Crippen LogP contribution in [0, 0.1) is 0 Å². The maximum atomic E-state index is 12.1. The second-order valence-electron chi connectivity index (χ2n) is 4.81. The van der Waals surface area contributed by atoms with Gasteiger partial charge in [-0.1, -0.05) is 45.4 Å². The number of hydrogen-bond donors (Lipinski definition) is 1. The summed E-state index contributed by atoms with van der Waals surface area (Å²) in [5, 5.41) is 12.1. The summed E-state index contributed by atoms with van der Waals surface area (Å²) in [6.07, 6.45) is 1.60. The molecule has 0 aliphatic carbocycles. The Morgan fingerprint density at radius 1 is 1.25 bits per heavy atom. The van der Waals surface area contributed by atoms with Crippen molar-refractivity contribution in [2.45, 2.75) is 5.16 Å². The highest BCUT2D eigenvalue weighted by Crippen LogP contribution is 2.22. The number of nitrogens with one attached hydrogen (secondary N) is 1. The number of nitrogens with zero attached hydrogens (tertiary/aromatic N) is 3. The number of aromatic nitrogens is 3. The fourth-order valence-corrected chi connectivity index (χ4v) is 3.16. The molecule has 1 heterocycles. The van der Waals surface area contributed by atoms with Gasteiger partial charge in [-0.2, -0.15) is 0 Å². The van der Waals surface area contributed by atoms with E-state index in [-0.39, 0.29) is 11.7 Å². The van der Waals surface area contributed by atoms with E-state index in [2.05, 4.69) is 31.4 Å². The number of carbonyl (C=O) groups excluding carboxylic acids is 1. The van der Waals surface area contributed by atoms with Gasteiger partial charge in [-0.25, -0.2) is 0 Å². The lowest BCUT2D eigenvalue weighted by Crippen LogP contribution is -2.14. The van der Waals surface area contributed by atoms with Gasteiger partial charge in [0.05, 0.1) is 11.4 Å². The van der Waals surface area contributed by atoms with Crippen LogP contribution < -0.4 is 5.32 Å². The normalized spacial score (nSPS) is 10.6. The van der Waals surface area contributed by atoms with Crippen LogP contribution in [0.1, 0.15) is 0 Å². The van der Waals surface area contributed by atoms with Crippen LogP contribution in [0.25, 0.3) is 5.69 Å². The molecule has 1 amide bonds. The van der Waals surface area contributed by atoms with Gasteiger partial charge >= 0.3 is 0 Å². The van der Waals surface area contributed by atoms with Crippen molar-refractivity contribution in [3.8, 4) is 5.69 Å². The molecule has 0 spiro atoms. The number of carbonyl (C=O) groups is 1. The molecule has 8 heteroatoms. The van der Waals surface area contributed by atoms with Gasteiger partial charge in [0, 0.05) is 15.2 Å². The highest BCUT2D eigenvalue weighted by molar-refractivity contribution is 9.10. The van der Waals surface area contributed by atoms with E-state index in [1.807, 2.05) is 42.5 Å². The lowest BCUT2D eigenvalue weighted by Gasteiger charge is -2.07. The lowest BCUT2D eigenvalue weighted by molar-refractivity contribution is -0.113. The van der Waals surface area contributed by atoms with E-state index in [0.717, 1.165) is 15.8 Å². The largest absolute Gasteiger partial charge is 0.325 e. The molecule has 0 aliphatic rings. The number of halogens is 2. The fourth-order valence-electron chi connectivity index (χ4n) is 1.99. The first-order chi connectivity index (χ1) is 11.6. The minimum Gasteiger partial charge on any atom is -0.325 e. The summed E-state index contributed by atoms with van der Waals surface area (Å²) < 4.78 is 2.76. The van der Waals surface area contributed by atoms with E-state index < -0.39 is 0 Å². The molecule has 0 unspecified atom stereocenters. The zero-order chi connectivity index (χ0) is 16.9. The lowest BCUT2D eigenvalue weighted by atomic mass is 10.3. The first-order valence-corrected chi connectivity index (χ1v) is 9.11. The number of benzene rings is 2. The van der Waals surface area contributed by atoms with E-state index in [9.17, 15) is 4.79 Å². The number of anilines is 1. The predicted octanol–water partition coefficient (Wildman–Crippen LogP) is 4.41. The third kappa shape index (κ3) is 4.37. The predicted molar refractivity (Wildman–Crippen MR) is 99.9 cm³/mol. The summed E-state index contributed by atoms with van der Waals surface area (Å²) in [6, 6.07) is 14.8. The Hall–Kier alpha value is -1.83. The Morgan fingerprint density at radius 2 is 2.04 bits per heavy atom. The van der Waals surface area contributed by atoms with Crippen LogP contribution in [0.5, 0.6) is 0 Å². The quantitative estimate of drug-likeness (QED) is 0.617. The van der Waals surface area contributed by atoms with Crippen molar-refractivity contribution in [3.05, 3.63) is 64.4 Å². The zero-order valence-electron chi connectivity index (χ0n) is 12.3. The molecule has 0 atom stereocenters. The molecule has 0 bridgehead atoms. The average molecular weight is 424 g/mol. The van der Waals surface area contributed by atoms with Crippen molar-refractivity contribution < 1.29 is 4.79 Å². The molecule has 2 aromatic carbocycles. The van der Waals surface area contributed by atoms with Crippen molar-refractivity contribution in [2.24, 2.45) is 0 Å². The van der Waals surface area contributed by atoms with Crippen LogP contribution in [0.3, 0.4) is 0 Å². The molecule has 1 aromatic heterocycles. The minimum absolute atomic E-state index is 0.108. The molecule has 3 rings (SSSR count). The van der Waals surface area contributed by atoms with Gasteiger partial charge in [-0.3, -0.25) is 9.36 Å². The number of amides is 1. The topological polar surface area (TPSA) is 59.8 Å². The number of rotatable bonds is 5. The molecule has 24 heavy (non-hydrogen) atoms. The Kier molecular flexibility index (Phi) is 5.55. The second kappa shape index (κ2) is 7.83. The minimum atomic E-state index is -0.108. The molecule has 0 aliphatic heterocycles. The first-order valence-electron chi connectivity index (χ1n) is 6.96. The van der Waals surface area contributed by atoms with Gasteiger partial charge in [0.2, 0.25) is 5.91 Å². The van der Waals surface area contributed by atoms with Crippen LogP contribution in [-0.4, -0.2) is 26.4 Å². The first kappa shape index (κ1) is 17.0. The van der Waals surface area contributed by atoms with E-state index in [4.69, 9.17) is 11.6 Å². The van der Waals surface area contributed by atoms with Gasteiger partial charge in [0.1, 0.15) is 6.33 Å². The maximum absolute atomic E-state index is 12.1. The molecular weight excluding hydrogens is 412 g/mol. The highest BCUT2D eigenvalue weighted by Gasteiger charge is 2.10. The van der Waals surface area contributed by atoms with E-state index in [0.29, 0.717) is 10.2 Å². The van der Waals surface area contributed by atoms with Gasteiger partial charge < -0.3 is 5.32 Å². The molecule has 3 aromatic rings. The summed E-state index contributed by atoms with van der Waals surface area (Å²) in [5.41, 5.74) is 1.60. The Labute approximate surface area is 156 Å². The van der Waals surface area contributed by atoms with Gasteiger partial charge in [0.15, 0.2) is 5.16 Å². The third-order valence-corrected chi connectivity index (χ3v) is 4.77. The summed E-state index contributed by atoms with van der Waals surface area (Å²) >= 11 is 10.7. The Bertz CT molecular complexity index is 853. The molecular formula is C16H12BrClN4OS. The van der Waals surface area contributed by atoms with Crippen molar-refractivity contribution in [1.82, 2.24) is 14.8 Å². The summed E-state index contributed by atoms with van der Waals surface area (Å²) in [5.74, 6) is 0.123. The summed E-state index contributed by atoms with van der Waals surface area (Å²) in [4.78, 5) is 12.1. The standard InChI is InChI=1S/C16H12BrClN4OS/c17-11-4-6-13(7-5-11)20-15(23)9-24-16-21-19-10-22(16)14-3-1-2-12(18)8-14/h1-8,10H,9H2,(H,20,23). The summed E-state index contributed by atoms with van der Waals surface area (Å²) in [7, 11) is 0. The number of hydrogen-bond acceptors (Lipinski definition) is 4. The monoisotopic (exact) mass is 422 g/mol. The van der Waals surface area contributed by atoms with E-state index in [1.165, 1.54) is 11.8 Å². The van der Waals surface area contributed by atoms with E-state index in [1.54, 1.807) is 17.0 Å². The van der Waals surface area contributed by atoms with Crippen molar-refractivity contribution in [1.29, 1.82) is 0 Å². The fraction of sp³-hybridized carbons (Fsp3) is 0.0625. The number of thioether (sulfide) groups is 1. The molecule has 0 radical (unpaired) electrons. The van der Waals surface area contributed by atoms with Gasteiger partial charge in [0.25, 0.3) is 0 Å². The molecule has 0 fully saturated rings. The third-order valence-electron chi connectivity index (χ3n) is 3.06. The van der Waals surface area contributed by atoms with Gasteiger partial charge in [-0.15, -0.1) is 10.2 Å². The average Bonchev–Trinajstić information content (AvgIpc) is 3.04. The Balaban J connectivity index is 1.64. The van der Waals surface area contributed by atoms with Crippen LogP contribution in [0.2, 0.25) is 5.02 Å². The molecule has 5 nitrogen and oxygen atoms in total. The van der Waals surface area contributed by atoms with Crippen molar-refractivity contribution in [2.75, 3.05) is 11.1 Å². The van der Waals surface area contributed by atoms with Crippen LogP contribution in [-0.2, 0) is 4.79 Å². The second-order valence-corrected chi connectivity index (χ2v) is 7.10. The van der Waals surface area contributed by atoms with Crippen LogP contribution in [0.15, 0.2) is 64.5 Å². The van der Waals surface area contributed by atoms with E-state index >= 15 is 0 Å². The van der Waals surface area contributed by atoms with Crippen LogP contribution in [0.4, 0.5) is 5.69 Å². The van der Waals surface area contributed by atoms with Crippen molar-refractivity contribution in [3.63, 3.8) is 0 Å². The van der Waals surface area contributed by atoms with Crippen LogP contribution >= 0.6 is 39.3 Å². The molecule has 0 saturated carbocycles. The summed E-state index contributed by atoms with van der Waals surface area (Å²) in [6.45, 7) is 0. The molecule has 122 valence electrons. The maximum Gasteiger partial charge on any atom is 0.234 e. The highest BCUT2D eigenvalue weighted by atomic mass is 79.9. The van der Waals surface area contributed by atoms with Crippen molar-refractivity contribution >= 4 is 50.9 Å².